The SMILES string of the molecule is CCc1ccc(-c2nc(SCC(=O)OC)n[nH]2)cc1. The van der Waals surface area contributed by atoms with Gasteiger partial charge in [-0.3, -0.25) is 9.89 Å². The van der Waals surface area contributed by atoms with E-state index in [9.17, 15) is 4.79 Å². The predicted octanol–water partition coefficient (Wildman–Crippen LogP) is 2.30. The van der Waals surface area contributed by atoms with Gasteiger partial charge in [-0.25, -0.2) is 4.98 Å². The van der Waals surface area contributed by atoms with Crippen molar-refractivity contribution in [3.8, 4) is 11.4 Å². The average Bonchev–Trinajstić information content (AvgIpc) is 2.93. The quantitative estimate of drug-likeness (QED) is 0.671. The Balaban J connectivity index is 2.05. The Labute approximate surface area is 115 Å². The maximum absolute atomic E-state index is 11.0. The molecule has 1 N–H and O–H groups in total. The number of ether oxygens (including phenoxy) is 1. The zero-order valence-corrected chi connectivity index (χ0v) is 11.7. The third-order valence-corrected chi connectivity index (χ3v) is 3.47. The molecule has 0 saturated heterocycles. The molecular weight excluding hydrogens is 262 g/mol. The second-order valence-corrected chi connectivity index (χ2v) is 4.82. The first kappa shape index (κ1) is 13.6. The second kappa shape index (κ2) is 6.38. The molecule has 0 atom stereocenters. The highest BCUT2D eigenvalue weighted by Gasteiger charge is 2.08. The first-order chi connectivity index (χ1) is 9.22. The van der Waals surface area contributed by atoms with Crippen LogP contribution in [0.4, 0.5) is 0 Å². The molecule has 0 radical (unpaired) electrons. The fourth-order valence-electron chi connectivity index (χ4n) is 1.52. The van der Waals surface area contributed by atoms with E-state index in [0.29, 0.717) is 11.0 Å². The van der Waals surface area contributed by atoms with Crippen molar-refractivity contribution < 1.29 is 9.53 Å². The van der Waals surface area contributed by atoms with Crippen molar-refractivity contribution in [1.82, 2.24) is 15.2 Å². The van der Waals surface area contributed by atoms with Crippen LogP contribution in [0.3, 0.4) is 0 Å². The van der Waals surface area contributed by atoms with Crippen molar-refractivity contribution in [1.29, 1.82) is 0 Å². The van der Waals surface area contributed by atoms with Gasteiger partial charge >= 0.3 is 5.97 Å². The monoisotopic (exact) mass is 277 g/mol. The summed E-state index contributed by atoms with van der Waals surface area (Å²) >= 11 is 1.25. The van der Waals surface area contributed by atoms with Gasteiger partial charge in [0, 0.05) is 5.56 Å². The molecule has 5 nitrogen and oxygen atoms in total. The first-order valence-electron chi connectivity index (χ1n) is 5.94. The number of H-pyrrole nitrogens is 1. The lowest BCUT2D eigenvalue weighted by Gasteiger charge is -1.98. The number of hydrogen-bond acceptors (Lipinski definition) is 5. The van der Waals surface area contributed by atoms with Crippen molar-refractivity contribution in [3.63, 3.8) is 0 Å². The Morgan fingerprint density at radius 2 is 2.11 bits per heavy atom. The van der Waals surface area contributed by atoms with E-state index in [0.717, 1.165) is 12.0 Å². The zero-order chi connectivity index (χ0) is 13.7. The van der Waals surface area contributed by atoms with Crippen molar-refractivity contribution in [2.75, 3.05) is 12.9 Å². The Morgan fingerprint density at radius 3 is 2.74 bits per heavy atom. The molecule has 0 amide bonds. The molecule has 0 aliphatic carbocycles. The number of nitrogens with one attached hydrogen (secondary N) is 1. The van der Waals surface area contributed by atoms with Crippen molar-refractivity contribution in [2.24, 2.45) is 0 Å². The number of benzene rings is 1. The molecule has 6 heteroatoms. The largest absolute Gasteiger partial charge is 0.468 e. The number of methoxy groups -OCH3 is 1. The van der Waals surface area contributed by atoms with Gasteiger partial charge < -0.3 is 4.74 Å². The van der Waals surface area contributed by atoms with Crippen LogP contribution >= 0.6 is 11.8 Å². The van der Waals surface area contributed by atoms with Gasteiger partial charge in [-0.15, -0.1) is 5.10 Å². The van der Waals surface area contributed by atoms with Crippen LogP contribution in [-0.2, 0) is 16.0 Å². The molecule has 1 heterocycles. The Kier molecular flexibility index (Phi) is 4.57. The lowest BCUT2D eigenvalue weighted by molar-refractivity contribution is -0.137. The molecular formula is C13H15N3O2S. The summed E-state index contributed by atoms with van der Waals surface area (Å²) in [5.74, 6) is 0.626. The van der Waals surface area contributed by atoms with Gasteiger partial charge in [-0.1, -0.05) is 43.0 Å². The Morgan fingerprint density at radius 1 is 1.37 bits per heavy atom. The molecule has 0 aliphatic heterocycles. The number of aromatic amines is 1. The van der Waals surface area contributed by atoms with Crippen LogP contribution in [0.15, 0.2) is 29.4 Å². The van der Waals surface area contributed by atoms with Gasteiger partial charge in [0.2, 0.25) is 5.16 Å². The van der Waals surface area contributed by atoms with Crippen LogP contribution in [-0.4, -0.2) is 34.0 Å². The number of carbonyl (C=O) groups is 1. The fourth-order valence-corrected chi connectivity index (χ4v) is 2.15. The topological polar surface area (TPSA) is 67.9 Å². The molecule has 100 valence electrons. The van der Waals surface area contributed by atoms with Gasteiger partial charge in [-0.2, -0.15) is 0 Å². The molecule has 0 unspecified atom stereocenters. The maximum atomic E-state index is 11.0. The lowest BCUT2D eigenvalue weighted by Crippen LogP contribution is -2.03. The van der Waals surface area contributed by atoms with Crippen LogP contribution in [0.25, 0.3) is 11.4 Å². The summed E-state index contributed by atoms with van der Waals surface area (Å²) in [5.41, 5.74) is 2.26. The molecule has 2 rings (SSSR count). The number of esters is 1. The maximum Gasteiger partial charge on any atom is 0.316 e. The number of hydrogen-bond donors (Lipinski definition) is 1. The summed E-state index contributed by atoms with van der Waals surface area (Å²) in [6.45, 7) is 2.12. The average molecular weight is 277 g/mol. The van der Waals surface area contributed by atoms with Crippen molar-refractivity contribution in [2.45, 2.75) is 18.5 Å². The lowest BCUT2D eigenvalue weighted by atomic mass is 10.1. The van der Waals surface area contributed by atoms with Crippen LogP contribution in [0.1, 0.15) is 12.5 Å². The third kappa shape index (κ3) is 3.57. The number of aromatic nitrogens is 3. The molecule has 1 aromatic heterocycles. The molecule has 2 aromatic rings. The van der Waals surface area contributed by atoms with Gasteiger partial charge in [0.1, 0.15) is 0 Å². The number of thioether (sulfide) groups is 1. The van der Waals surface area contributed by atoms with E-state index in [-0.39, 0.29) is 11.7 Å². The minimum absolute atomic E-state index is 0.211. The number of carbonyl (C=O) groups excluding carboxylic acids is 1. The summed E-state index contributed by atoms with van der Waals surface area (Å²) < 4.78 is 4.56. The predicted molar refractivity (Wildman–Crippen MR) is 73.9 cm³/mol. The van der Waals surface area contributed by atoms with Crippen molar-refractivity contribution in [3.05, 3.63) is 29.8 Å². The minimum atomic E-state index is -0.288. The summed E-state index contributed by atoms with van der Waals surface area (Å²) in [6.07, 6.45) is 1.01. The third-order valence-electron chi connectivity index (χ3n) is 2.65. The van der Waals surface area contributed by atoms with Gasteiger partial charge in [0.15, 0.2) is 5.82 Å². The minimum Gasteiger partial charge on any atom is -0.468 e. The van der Waals surface area contributed by atoms with Gasteiger partial charge in [-0.05, 0) is 12.0 Å². The highest BCUT2D eigenvalue weighted by Crippen LogP contribution is 2.19. The highest BCUT2D eigenvalue weighted by atomic mass is 32.2. The normalized spacial score (nSPS) is 10.4. The molecule has 0 saturated carbocycles. The van der Waals surface area contributed by atoms with Crippen LogP contribution < -0.4 is 0 Å². The molecule has 0 fully saturated rings. The Bertz CT molecular complexity index is 551. The van der Waals surface area contributed by atoms with Crippen LogP contribution in [0.5, 0.6) is 0 Å². The van der Waals surface area contributed by atoms with Gasteiger partial charge in [0.05, 0.1) is 12.9 Å². The van der Waals surface area contributed by atoms with Crippen LogP contribution in [0.2, 0.25) is 0 Å². The molecule has 0 spiro atoms. The Hall–Kier alpha value is -1.82. The van der Waals surface area contributed by atoms with E-state index in [1.165, 1.54) is 24.4 Å². The first-order valence-corrected chi connectivity index (χ1v) is 6.92. The smallest absolute Gasteiger partial charge is 0.316 e. The summed E-state index contributed by atoms with van der Waals surface area (Å²) in [5, 5.41) is 7.47. The number of nitrogens with zero attached hydrogens (tertiary/aromatic N) is 2. The summed E-state index contributed by atoms with van der Waals surface area (Å²) in [4.78, 5) is 15.4. The number of rotatable bonds is 5. The van der Waals surface area contributed by atoms with E-state index in [4.69, 9.17) is 0 Å². The van der Waals surface area contributed by atoms with Crippen molar-refractivity contribution >= 4 is 17.7 Å². The van der Waals surface area contributed by atoms with E-state index >= 15 is 0 Å². The fraction of sp³-hybridized carbons (Fsp3) is 0.308. The highest BCUT2D eigenvalue weighted by molar-refractivity contribution is 7.99. The summed E-state index contributed by atoms with van der Waals surface area (Å²) in [6, 6.07) is 8.15. The molecule has 0 aliphatic rings. The number of aryl methyl sites for hydroxylation is 1. The van der Waals surface area contributed by atoms with E-state index in [1.54, 1.807) is 0 Å². The molecule has 19 heavy (non-hydrogen) atoms. The van der Waals surface area contributed by atoms with Gasteiger partial charge in [0.25, 0.3) is 0 Å². The molecule has 0 bridgehead atoms. The summed E-state index contributed by atoms with van der Waals surface area (Å²) in [7, 11) is 1.36. The molecule has 1 aromatic carbocycles. The van der Waals surface area contributed by atoms with Crippen LogP contribution in [0, 0.1) is 0 Å². The van der Waals surface area contributed by atoms with E-state index in [1.807, 2.05) is 12.1 Å². The van der Waals surface area contributed by atoms with E-state index in [2.05, 4.69) is 39.0 Å². The second-order valence-electron chi connectivity index (χ2n) is 3.88. The van der Waals surface area contributed by atoms with E-state index < -0.39 is 0 Å². The standard InChI is InChI=1S/C13H15N3O2S/c1-3-9-4-6-10(7-5-9)12-14-13(16-15-12)19-8-11(17)18-2/h4-7H,3,8H2,1-2H3,(H,14,15,16). The zero-order valence-electron chi connectivity index (χ0n) is 10.8.